The molecule has 2 heterocycles. The van der Waals surface area contributed by atoms with Gasteiger partial charge in [0.05, 0.1) is 0 Å². The summed E-state index contributed by atoms with van der Waals surface area (Å²) in [5, 5.41) is 18.9. The molecule has 2 aliphatic heterocycles. The minimum absolute atomic E-state index is 0. The fourth-order valence-electron chi connectivity index (χ4n) is 8.50. The van der Waals surface area contributed by atoms with Gasteiger partial charge < -0.3 is 40.2 Å². The second kappa shape index (κ2) is 20.8. The third-order valence-corrected chi connectivity index (χ3v) is 11.2. The van der Waals surface area contributed by atoms with Crippen LogP contribution < -0.4 is 44.7 Å². The van der Waals surface area contributed by atoms with E-state index in [0.717, 1.165) is 49.2 Å². The van der Waals surface area contributed by atoms with Crippen LogP contribution in [0.25, 0.3) is 0 Å². The van der Waals surface area contributed by atoms with Crippen LogP contribution in [0.5, 0.6) is 0 Å². The van der Waals surface area contributed by atoms with Gasteiger partial charge in [0.25, 0.3) is 0 Å². The Balaban J connectivity index is 0.000000926. The number of rotatable bonds is 8. The van der Waals surface area contributed by atoms with Gasteiger partial charge in [0.15, 0.2) is 0 Å². The van der Waals surface area contributed by atoms with Crippen LogP contribution in [-0.4, -0.2) is 58.7 Å². The number of hydrogen-bond donors (Lipinski definition) is 4. The van der Waals surface area contributed by atoms with Crippen molar-refractivity contribution in [3.63, 3.8) is 0 Å². The first-order valence-corrected chi connectivity index (χ1v) is 19.4. The van der Waals surface area contributed by atoms with E-state index in [1.807, 2.05) is 0 Å². The van der Waals surface area contributed by atoms with Crippen LogP contribution in [-0.2, 0) is 37.5 Å². The second-order valence-corrected chi connectivity index (χ2v) is 15.3. The molecule has 0 atom stereocenters. The van der Waals surface area contributed by atoms with Crippen molar-refractivity contribution >= 4 is 28.9 Å². The van der Waals surface area contributed by atoms with Crippen LogP contribution >= 0.6 is 0 Å². The Hall–Kier alpha value is -3.22. The fourth-order valence-corrected chi connectivity index (χ4v) is 8.50. The van der Waals surface area contributed by atoms with Crippen molar-refractivity contribution in [3.05, 3.63) is 113 Å². The number of fused-ring (bicyclic) bond motifs is 2. The molecule has 0 saturated heterocycles. The monoisotopic (exact) mass is 911 g/mol. The number of nitrogens with one attached hydrogen (secondary N) is 2. The van der Waals surface area contributed by atoms with E-state index in [1.165, 1.54) is 66.0 Å². The van der Waals surface area contributed by atoms with Gasteiger partial charge in [0.2, 0.25) is 18.8 Å². The molecule has 0 bridgehead atoms. The third kappa shape index (κ3) is 10.2. The molecule has 2 saturated carbocycles. The van der Waals surface area contributed by atoms with Gasteiger partial charge in [-0.25, -0.2) is 15.5 Å². The van der Waals surface area contributed by atoms with Crippen molar-refractivity contribution in [2.75, 3.05) is 36.0 Å². The molecule has 0 unspecified atom stereocenters. The number of halogens is 1. The van der Waals surface area contributed by atoms with Crippen molar-refractivity contribution in [1.82, 2.24) is 11.0 Å². The molecule has 2 aromatic carbocycles. The number of likely N-dealkylation sites (N-methyl/N-ethyl adjacent to an activating group) is 2. The zero-order valence-corrected chi connectivity index (χ0v) is 36.3. The smallest absolute Gasteiger partial charge is 1.00 e. The van der Waals surface area contributed by atoms with E-state index in [0.29, 0.717) is 0 Å². The van der Waals surface area contributed by atoms with E-state index in [1.54, 1.807) is 15.5 Å². The van der Waals surface area contributed by atoms with E-state index in [2.05, 4.69) is 131 Å². The van der Waals surface area contributed by atoms with Crippen LogP contribution in [0.15, 0.2) is 95.4 Å². The van der Waals surface area contributed by atoms with Gasteiger partial charge in [-0.3, -0.25) is 20.0 Å². The van der Waals surface area contributed by atoms with Crippen LogP contribution in [0.2, 0.25) is 0 Å². The zero-order chi connectivity index (χ0) is 38.2. The van der Waals surface area contributed by atoms with E-state index < -0.39 is 11.8 Å². The van der Waals surface area contributed by atoms with Gasteiger partial charge in [0, 0.05) is 57.8 Å². The van der Waals surface area contributed by atoms with Gasteiger partial charge >= 0.3 is 28.9 Å². The van der Waals surface area contributed by atoms with E-state index >= 15 is 0 Å². The number of hydrogen-bond acceptors (Lipinski definition) is 6. The largest absolute Gasteiger partial charge is 1.00 e. The van der Waals surface area contributed by atoms with Gasteiger partial charge in [-0.05, 0) is 68.5 Å². The van der Waals surface area contributed by atoms with Crippen molar-refractivity contribution < 1.29 is 65.6 Å². The minimum Gasteiger partial charge on any atom is -1.00 e. The van der Waals surface area contributed by atoms with Crippen molar-refractivity contribution in [3.8, 4) is 0 Å². The average Bonchev–Trinajstić information content (AvgIpc) is 3.54. The van der Waals surface area contributed by atoms with E-state index in [9.17, 15) is 20.0 Å². The van der Waals surface area contributed by atoms with Gasteiger partial charge in [-0.15, -0.1) is 0 Å². The van der Waals surface area contributed by atoms with Crippen molar-refractivity contribution in [2.24, 2.45) is 0 Å². The Bertz CT molecular complexity index is 1690. The molecule has 11 heteroatoms. The van der Waals surface area contributed by atoms with Crippen LogP contribution in [0.4, 0.5) is 11.4 Å². The van der Waals surface area contributed by atoms with Crippen LogP contribution in [0.1, 0.15) is 104 Å². The maximum atomic E-state index is 12.6. The molecule has 55 heavy (non-hydrogen) atoms. The predicted molar refractivity (Wildman–Crippen MR) is 213 cm³/mol. The number of nitrogens with zero attached hydrogens (tertiary/aromatic N) is 3. The summed E-state index contributed by atoms with van der Waals surface area (Å²) in [5.74, 6) is -1.31. The molecule has 6 rings (SSSR count). The minimum atomic E-state index is -0.654. The molecule has 0 radical (unpaired) electrons. The molecule has 2 aromatic rings. The summed E-state index contributed by atoms with van der Waals surface area (Å²) >= 11 is 0. The summed E-state index contributed by atoms with van der Waals surface area (Å²) in [4.78, 5) is 29.8. The number of para-hydroxylation sites is 2. The molecule has 2 aliphatic carbocycles. The molecule has 9 nitrogen and oxygen atoms in total. The number of allylic oxidation sites excluding steroid dienone is 8. The van der Waals surface area contributed by atoms with Crippen LogP contribution in [0, 0.1) is 6.42 Å². The number of hydroxylamine groups is 2. The van der Waals surface area contributed by atoms with Crippen molar-refractivity contribution in [1.29, 1.82) is 0 Å². The first-order valence-electron chi connectivity index (χ1n) is 19.4. The average molecular weight is 912 g/mol. The quantitative estimate of drug-likeness (QED) is 0.0739. The Morgan fingerprint density at radius 2 is 1.13 bits per heavy atom. The Labute approximate surface area is 356 Å². The number of carbonyl (C=O) groups excluding carboxylic acids is 2. The van der Waals surface area contributed by atoms with Gasteiger partial charge in [-0.2, -0.15) is 12.8 Å². The predicted octanol–water partition coefficient (Wildman–Crippen LogP) is 5.05. The van der Waals surface area contributed by atoms with E-state index in [4.69, 9.17) is 0 Å². The number of amides is 2. The maximum Gasteiger partial charge on any atom is 1.00 e. The Kier molecular flexibility index (Phi) is 17.5. The molecule has 0 spiro atoms. The summed E-state index contributed by atoms with van der Waals surface area (Å²) < 4.78 is 1.64. The number of anilines is 2. The number of carbonyl (C=O) groups is 2. The van der Waals surface area contributed by atoms with Gasteiger partial charge in [-0.1, -0.05) is 95.5 Å². The normalized spacial score (nSPS) is 20.9. The van der Waals surface area contributed by atoms with E-state index in [-0.39, 0.29) is 65.0 Å². The third-order valence-electron chi connectivity index (χ3n) is 11.2. The first kappa shape index (κ1) is 46.2. The summed E-state index contributed by atoms with van der Waals surface area (Å²) in [5.41, 5.74) is 13.0. The maximum absolute atomic E-state index is 12.6. The molecule has 0 aromatic heterocycles. The second-order valence-electron chi connectivity index (χ2n) is 15.3. The summed E-state index contributed by atoms with van der Waals surface area (Å²) in [6.07, 6.45) is 20.5. The molecule has 2 fully saturated rings. The Morgan fingerprint density at radius 3 is 1.47 bits per heavy atom. The first-order chi connectivity index (χ1) is 25.5. The molecule has 2 amide bonds. The SMILES string of the molecule is CCN1C(=CC=C2CCC/C(=C\C=C3\N(CC)c4ccccc4C3(C)C)C2=[N+](CC(=O)NO)CC(=O)NO)C(C)(C)c2ccccc21.[CH-]1CCCCC1.[Cu+].[I-]. The Morgan fingerprint density at radius 1 is 0.709 bits per heavy atom. The standard InChI is InChI=1S/C38H47N5O4.C6H11.Cu.HI/c1-7-42-30-18-11-9-16-28(30)37(3,4)32(42)22-20-26-14-13-15-27(36(26)41(24-34(44)39-46)25-35(45)40-47)21-23-33-38(5,6)29-17-10-12-19-31(29)43(33)8-2;1-2-4-6-5-3-1;;/h9-12,16-23H,7-8,13-15,24-25H2,1-6H3,(H3-,39,40,44,45,46,47);1H,2-6H2;;1H/q;-1;+1;. The molecule has 4 N–H and O–H groups in total. The molecular formula is C44H59CuIN5O4. The van der Waals surface area contributed by atoms with Crippen molar-refractivity contribution in [2.45, 2.75) is 104 Å². The zero-order valence-electron chi connectivity index (χ0n) is 33.2. The summed E-state index contributed by atoms with van der Waals surface area (Å²) in [7, 11) is 0. The van der Waals surface area contributed by atoms with Gasteiger partial charge in [0.1, 0.15) is 0 Å². The molecule has 302 valence electrons. The summed E-state index contributed by atoms with van der Waals surface area (Å²) in [6.45, 7) is 14.3. The topological polar surface area (TPSA) is 108 Å². The molecule has 4 aliphatic rings. The molecular weight excluding hydrogens is 853 g/mol. The summed E-state index contributed by atoms with van der Waals surface area (Å²) in [6, 6.07) is 17.0. The fraction of sp³-hybridized carbons (Fsp3) is 0.455. The number of benzene rings is 2. The van der Waals surface area contributed by atoms with Crippen LogP contribution in [0.3, 0.4) is 0 Å².